The lowest BCUT2D eigenvalue weighted by Gasteiger charge is -2.13. The minimum atomic E-state index is 0.0505. The van der Waals surface area contributed by atoms with Crippen molar-refractivity contribution in [3.8, 4) is 0 Å². The standard InChI is InChI=1S/C12H16BrNO3S/c1-16-10-6-14(7-11(10)17-2)5-9(15)12-8(13)3-4-18-12/h3-4,10-11H,5-7H2,1-2H3. The molecule has 0 saturated carbocycles. The normalized spacial score (nSPS) is 24.6. The highest BCUT2D eigenvalue weighted by atomic mass is 79.9. The third-order valence-corrected chi connectivity index (χ3v) is 5.01. The second-order valence-electron chi connectivity index (χ2n) is 4.26. The van der Waals surface area contributed by atoms with Crippen molar-refractivity contribution in [2.75, 3.05) is 33.9 Å². The molecule has 100 valence electrons. The van der Waals surface area contributed by atoms with Crippen LogP contribution in [0.25, 0.3) is 0 Å². The number of carbonyl (C=O) groups is 1. The second-order valence-corrected chi connectivity index (χ2v) is 6.03. The molecule has 18 heavy (non-hydrogen) atoms. The van der Waals surface area contributed by atoms with Gasteiger partial charge in [0.25, 0.3) is 0 Å². The molecule has 6 heteroatoms. The van der Waals surface area contributed by atoms with Crippen LogP contribution in [-0.4, -0.2) is 56.7 Å². The average Bonchev–Trinajstić information content (AvgIpc) is 2.94. The Kier molecular flexibility index (Phi) is 4.91. The Balaban J connectivity index is 1.95. The van der Waals surface area contributed by atoms with Crippen molar-refractivity contribution < 1.29 is 14.3 Å². The number of ether oxygens (including phenoxy) is 2. The van der Waals surface area contributed by atoms with Gasteiger partial charge in [-0.25, -0.2) is 0 Å². The number of likely N-dealkylation sites (tertiary alicyclic amines) is 1. The van der Waals surface area contributed by atoms with Crippen LogP contribution in [0.2, 0.25) is 0 Å². The van der Waals surface area contributed by atoms with Crippen molar-refractivity contribution in [3.05, 3.63) is 20.8 Å². The van der Waals surface area contributed by atoms with Crippen LogP contribution in [0, 0.1) is 0 Å². The molecular formula is C12H16BrNO3S. The van der Waals surface area contributed by atoms with Crippen LogP contribution in [0.3, 0.4) is 0 Å². The van der Waals surface area contributed by atoms with Gasteiger partial charge in [-0.1, -0.05) is 0 Å². The molecule has 1 aromatic heterocycles. The highest BCUT2D eigenvalue weighted by Gasteiger charge is 2.34. The van der Waals surface area contributed by atoms with E-state index in [0.29, 0.717) is 6.54 Å². The first-order chi connectivity index (χ1) is 8.65. The highest BCUT2D eigenvalue weighted by Crippen LogP contribution is 2.24. The molecule has 0 aromatic carbocycles. The molecule has 2 rings (SSSR count). The number of ketones is 1. The fraction of sp³-hybridized carbons (Fsp3) is 0.583. The minimum Gasteiger partial charge on any atom is -0.377 e. The van der Waals surface area contributed by atoms with Gasteiger partial charge in [-0.3, -0.25) is 9.69 Å². The first kappa shape index (κ1) is 14.1. The van der Waals surface area contributed by atoms with E-state index in [9.17, 15) is 4.79 Å². The van der Waals surface area contributed by atoms with Crippen LogP contribution in [0.5, 0.6) is 0 Å². The number of thiophene rings is 1. The quantitative estimate of drug-likeness (QED) is 0.773. The van der Waals surface area contributed by atoms with Gasteiger partial charge in [0, 0.05) is 31.8 Å². The molecule has 0 N–H and O–H groups in total. The van der Waals surface area contributed by atoms with Crippen LogP contribution < -0.4 is 0 Å². The minimum absolute atomic E-state index is 0.0505. The molecule has 1 aromatic rings. The number of hydrogen-bond acceptors (Lipinski definition) is 5. The number of Topliss-reactive ketones (excluding diaryl/α,β-unsaturated/α-hetero) is 1. The third-order valence-electron chi connectivity index (χ3n) is 3.13. The number of methoxy groups -OCH3 is 2. The van der Waals surface area contributed by atoms with E-state index >= 15 is 0 Å². The largest absolute Gasteiger partial charge is 0.377 e. The van der Waals surface area contributed by atoms with Crippen LogP contribution in [-0.2, 0) is 9.47 Å². The lowest BCUT2D eigenvalue weighted by atomic mass is 10.3. The molecule has 1 fully saturated rings. The molecule has 1 aliphatic rings. The molecule has 2 heterocycles. The first-order valence-electron chi connectivity index (χ1n) is 5.69. The molecule has 0 radical (unpaired) electrons. The maximum Gasteiger partial charge on any atom is 0.187 e. The van der Waals surface area contributed by atoms with Gasteiger partial charge in [0.2, 0.25) is 0 Å². The van der Waals surface area contributed by atoms with Crippen molar-refractivity contribution >= 4 is 33.0 Å². The summed E-state index contributed by atoms with van der Waals surface area (Å²) in [6, 6.07) is 1.90. The van der Waals surface area contributed by atoms with Gasteiger partial charge in [-0.05, 0) is 27.4 Å². The molecule has 0 bridgehead atoms. The van der Waals surface area contributed by atoms with Gasteiger partial charge in [-0.15, -0.1) is 11.3 Å². The van der Waals surface area contributed by atoms with Crippen molar-refractivity contribution in [3.63, 3.8) is 0 Å². The zero-order chi connectivity index (χ0) is 13.1. The molecule has 2 atom stereocenters. The van der Waals surface area contributed by atoms with Crippen LogP contribution in [0.4, 0.5) is 0 Å². The topological polar surface area (TPSA) is 38.8 Å². The van der Waals surface area contributed by atoms with Crippen LogP contribution in [0.1, 0.15) is 9.67 Å². The summed E-state index contributed by atoms with van der Waals surface area (Å²) >= 11 is 4.86. The number of carbonyl (C=O) groups excluding carboxylic acids is 1. The average molecular weight is 334 g/mol. The zero-order valence-electron chi connectivity index (χ0n) is 10.4. The van der Waals surface area contributed by atoms with Crippen molar-refractivity contribution in [1.29, 1.82) is 0 Å². The monoisotopic (exact) mass is 333 g/mol. The van der Waals surface area contributed by atoms with E-state index in [1.807, 2.05) is 11.4 Å². The predicted molar refractivity (Wildman–Crippen MR) is 74.4 cm³/mol. The third kappa shape index (κ3) is 3.00. The number of nitrogens with zero attached hydrogens (tertiary/aromatic N) is 1. The number of rotatable bonds is 5. The van der Waals surface area contributed by atoms with E-state index in [1.165, 1.54) is 11.3 Å². The maximum atomic E-state index is 12.1. The van der Waals surface area contributed by atoms with E-state index in [2.05, 4.69) is 20.8 Å². The van der Waals surface area contributed by atoms with Crippen LogP contribution in [0.15, 0.2) is 15.9 Å². The maximum absolute atomic E-state index is 12.1. The summed E-state index contributed by atoms with van der Waals surface area (Å²) in [4.78, 5) is 15.0. The second kappa shape index (κ2) is 6.25. The Morgan fingerprint density at radius 3 is 2.50 bits per heavy atom. The summed E-state index contributed by atoms with van der Waals surface area (Å²) in [6.45, 7) is 1.90. The number of hydrogen-bond donors (Lipinski definition) is 0. The summed E-state index contributed by atoms with van der Waals surface area (Å²) in [5.41, 5.74) is 0. The molecule has 1 aliphatic heterocycles. The molecule has 2 unspecified atom stereocenters. The summed E-state index contributed by atoms with van der Waals surface area (Å²) in [5.74, 6) is 0.142. The van der Waals surface area contributed by atoms with Crippen molar-refractivity contribution in [1.82, 2.24) is 4.90 Å². The Labute approximate surface area is 119 Å². The molecule has 0 aliphatic carbocycles. The fourth-order valence-corrected chi connectivity index (χ4v) is 3.69. The smallest absolute Gasteiger partial charge is 0.187 e. The van der Waals surface area contributed by atoms with E-state index < -0.39 is 0 Å². The lowest BCUT2D eigenvalue weighted by Crippen LogP contribution is -2.28. The van der Waals surface area contributed by atoms with Gasteiger partial charge in [0.05, 0.1) is 23.6 Å². The molecule has 0 amide bonds. The van der Waals surface area contributed by atoms with Gasteiger partial charge in [0.15, 0.2) is 5.78 Å². The van der Waals surface area contributed by atoms with Gasteiger partial charge < -0.3 is 9.47 Å². The first-order valence-corrected chi connectivity index (χ1v) is 7.37. The Hall–Kier alpha value is -0.270. The summed E-state index contributed by atoms with van der Waals surface area (Å²) in [5, 5.41) is 1.91. The highest BCUT2D eigenvalue weighted by molar-refractivity contribution is 9.10. The van der Waals surface area contributed by atoms with E-state index in [4.69, 9.17) is 9.47 Å². The molecular weight excluding hydrogens is 318 g/mol. The Morgan fingerprint density at radius 2 is 2.06 bits per heavy atom. The SMILES string of the molecule is COC1CN(CC(=O)c2sccc2Br)CC1OC. The summed E-state index contributed by atoms with van der Waals surface area (Å²) in [6.07, 6.45) is 0.101. The van der Waals surface area contributed by atoms with E-state index in [0.717, 1.165) is 22.4 Å². The molecule has 4 nitrogen and oxygen atoms in total. The summed E-state index contributed by atoms with van der Waals surface area (Å²) in [7, 11) is 3.36. The number of halogens is 1. The van der Waals surface area contributed by atoms with Crippen molar-refractivity contribution in [2.45, 2.75) is 12.2 Å². The Morgan fingerprint density at radius 1 is 1.44 bits per heavy atom. The fourth-order valence-electron chi connectivity index (χ4n) is 2.17. The van der Waals surface area contributed by atoms with E-state index in [-0.39, 0.29) is 18.0 Å². The Bertz CT molecular complexity index is 411. The zero-order valence-corrected chi connectivity index (χ0v) is 12.8. The molecule has 0 spiro atoms. The van der Waals surface area contributed by atoms with Crippen molar-refractivity contribution in [2.24, 2.45) is 0 Å². The summed E-state index contributed by atoms with van der Waals surface area (Å²) < 4.78 is 11.6. The van der Waals surface area contributed by atoms with Gasteiger partial charge >= 0.3 is 0 Å². The molecule has 1 saturated heterocycles. The predicted octanol–water partition coefficient (Wildman–Crippen LogP) is 2.04. The van der Waals surface area contributed by atoms with E-state index in [1.54, 1.807) is 14.2 Å². The van der Waals surface area contributed by atoms with Gasteiger partial charge in [-0.2, -0.15) is 0 Å². The van der Waals surface area contributed by atoms with Gasteiger partial charge in [0.1, 0.15) is 0 Å². The lowest BCUT2D eigenvalue weighted by molar-refractivity contribution is -0.00461. The van der Waals surface area contributed by atoms with Crippen LogP contribution >= 0.6 is 27.3 Å².